The predicted octanol–water partition coefficient (Wildman–Crippen LogP) is 3.92. The molecule has 2 N–H and O–H groups in total. The molecule has 0 saturated heterocycles. The summed E-state index contributed by atoms with van der Waals surface area (Å²) < 4.78 is 5.47. The number of anilines is 2. The quantitative estimate of drug-likeness (QED) is 0.762. The van der Waals surface area contributed by atoms with Crippen molar-refractivity contribution >= 4 is 17.3 Å². The van der Waals surface area contributed by atoms with E-state index < -0.39 is 0 Å². The van der Waals surface area contributed by atoms with E-state index in [0.29, 0.717) is 6.61 Å². The number of benzene rings is 2. The third-order valence-corrected chi connectivity index (χ3v) is 3.16. The minimum absolute atomic E-state index is 0.0904. The summed E-state index contributed by atoms with van der Waals surface area (Å²) in [5.74, 6) is 0.650. The van der Waals surface area contributed by atoms with Crippen LogP contribution in [0.5, 0.6) is 5.75 Å². The fourth-order valence-electron chi connectivity index (χ4n) is 2.29. The summed E-state index contributed by atoms with van der Waals surface area (Å²) in [6.07, 6.45) is 1.69. The maximum Gasteiger partial charge on any atom is 0.243 e. The monoisotopic (exact) mass is 310 g/mol. The van der Waals surface area contributed by atoms with Gasteiger partial charge in [0.2, 0.25) is 5.91 Å². The predicted molar refractivity (Wildman–Crippen MR) is 95.2 cm³/mol. The van der Waals surface area contributed by atoms with Gasteiger partial charge >= 0.3 is 0 Å². The molecule has 0 aromatic heterocycles. The SMILES string of the molecule is C=CCOc1cccc(NCC(=O)Nc2cc(C)cc(C)c2)c1. The van der Waals surface area contributed by atoms with Gasteiger partial charge in [0.25, 0.3) is 0 Å². The Balaban J connectivity index is 1.90. The molecule has 0 saturated carbocycles. The van der Waals surface area contributed by atoms with Crippen molar-refractivity contribution in [3.63, 3.8) is 0 Å². The first kappa shape index (κ1) is 16.6. The van der Waals surface area contributed by atoms with Gasteiger partial charge in [-0.1, -0.05) is 24.8 Å². The van der Waals surface area contributed by atoms with Gasteiger partial charge in [0.15, 0.2) is 0 Å². The molecule has 2 aromatic rings. The summed E-state index contributed by atoms with van der Waals surface area (Å²) in [5, 5.41) is 5.99. The molecule has 4 nitrogen and oxygen atoms in total. The first-order valence-electron chi connectivity index (χ1n) is 7.52. The topological polar surface area (TPSA) is 50.4 Å². The number of carbonyl (C=O) groups is 1. The van der Waals surface area contributed by atoms with Gasteiger partial charge in [-0.2, -0.15) is 0 Å². The number of hydrogen-bond donors (Lipinski definition) is 2. The molecule has 120 valence electrons. The van der Waals surface area contributed by atoms with Crippen LogP contribution in [-0.4, -0.2) is 19.1 Å². The van der Waals surface area contributed by atoms with Crippen LogP contribution in [0.4, 0.5) is 11.4 Å². The van der Waals surface area contributed by atoms with Crippen LogP contribution in [0.3, 0.4) is 0 Å². The fraction of sp³-hybridized carbons (Fsp3) is 0.211. The van der Waals surface area contributed by atoms with Crippen molar-refractivity contribution in [3.05, 3.63) is 66.2 Å². The standard InChI is InChI=1S/C19H22N2O2/c1-4-8-23-18-7-5-6-16(12-18)20-13-19(22)21-17-10-14(2)9-15(3)11-17/h4-7,9-12,20H,1,8,13H2,2-3H3,(H,21,22). The molecule has 0 spiro atoms. The molecule has 2 rings (SSSR count). The third-order valence-electron chi connectivity index (χ3n) is 3.16. The van der Waals surface area contributed by atoms with Gasteiger partial charge in [-0.05, 0) is 49.2 Å². The van der Waals surface area contributed by atoms with E-state index in [1.54, 1.807) is 6.08 Å². The summed E-state index contributed by atoms with van der Waals surface area (Å²) in [5.41, 5.74) is 3.90. The second-order valence-corrected chi connectivity index (χ2v) is 5.41. The van der Waals surface area contributed by atoms with E-state index in [-0.39, 0.29) is 12.5 Å². The van der Waals surface area contributed by atoms with E-state index >= 15 is 0 Å². The molecular formula is C19H22N2O2. The Kier molecular flexibility index (Phi) is 5.80. The van der Waals surface area contributed by atoms with E-state index in [0.717, 1.165) is 28.3 Å². The molecule has 0 radical (unpaired) electrons. The second-order valence-electron chi connectivity index (χ2n) is 5.41. The minimum Gasteiger partial charge on any atom is -0.489 e. The van der Waals surface area contributed by atoms with Crippen LogP contribution in [-0.2, 0) is 4.79 Å². The average molecular weight is 310 g/mol. The Morgan fingerprint density at radius 3 is 2.57 bits per heavy atom. The molecule has 0 bridgehead atoms. The molecule has 0 heterocycles. The van der Waals surface area contributed by atoms with Crippen molar-refractivity contribution < 1.29 is 9.53 Å². The van der Waals surface area contributed by atoms with Gasteiger partial charge in [-0.3, -0.25) is 4.79 Å². The second kappa shape index (κ2) is 8.03. The maximum absolute atomic E-state index is 12.0. The zero-order valence-electron chi connectivity index (χ0n) is 13.6. The molecule has 23 heavy (non-hydrogen) atoms. The van der Waals surface area contributed by atoms with Crippen LogP contribution in [0.2, 0.25) is 0 Å². The van der Waals surface area contributed by atoms with Crippen LogP contribution in [0.15, 0.2) is 55.1 Å². The summed E-state index contributed by atoms with van der Waals surface area (Å²) in [6.45, 7) is 8.28. The summed E-state index contributed by atoms with van der Waals surface area (Å²) >= 11 is 0. The number of aryl methyl sites for hydroxylation is 2. The highest BCUT2D eigenvalue weighted by Gasteiger charge is 2.04. The molecule has 0 aliphatic heterocycles. The molecule has 0 aliphatic carbocycles. The van der Waals surface area contributed by atoms with Gasteiger partial charge in [-0.15, -0.1) is 0 Å². The Hall–Kier alpha value is -2.75. The lowest BCUT2D eigenvalue weighted by molar-refractivity contribution is -0.114. The number of rotatable bonds is 7. The maximum atomic E-state index is 12.0. The molecular weight excluding hydrogens is 288 g/mol. The Bertz CT molecular complexity index is 675. The number of ether oxygens (including phenoxy) is 1. The normalized spacial score (nSPS) is 10.0. The van der Waals surface area contributed by atoms with Crippen LogP contribution in [0.1, 0.15) is 11.1 Å². The minimum atomic E-state index is -0.0904. The zero-order valence-corrected chi connectivity index (χ0v) is 13.6. The number of nitrogens with one attached hydrogen (secondary N) is 2. The van der Waals surface area contributed by atoms with Crippen molar-refractivity contribution in [2.75, 3.05) is 23.8 Å². The van der Waals surface area contributed by atoms with Crippen molar-refractivity contribution in [2.45, 2.75) is 13.8 Å². The third kappa shape index (κ3) is 5.51. The van der Waals surface area contributed by atoms with Crippen LogP contribution in [0, 0.1) is 13.8 Å². The lowest BCUT2D eigenvalue weighted by atomic mass is 10.1. The largest absolute Gasteiger partial charge is 0.489 e. The highest BCUT2D eigenvalue weighted by atomic mass is 16.5. The smallest absolute Gasteiger partial charge is 0.243 e. The van der Waals surface area contributed by atoms with E-state index in [1.807, 2.05) is 50.2 Å². The Morgan fingerprint density at radius 1 is 1.13 bits per heavy atom. The van der Waals surface area contributed by atoms with E-state index in [9.17, 15) is 4.79 Å². The summed E-state index contributed by atoms with van der Waals surface area (Å²) in [4.78, 5) is 12.0. The molecule has 0 aliphatic rings. The number of amides is 1. The van der Waals surface area contributed by atoms with E-state index in [2.05, 4.69) is 23.3 Å². The molecule has 2 aromatic carbocycles. The zero-order chi connectivity index (χ0) is 16.7. The molecule has 0 unspecified atom stereocenters. The molecule has 1 amide bonds. The van der Waals surface area contributed by atoms with Crippen molar-refractivity contribution in [2.24, 2.45) is 0 Å². The van der Waals surface area contributed by atoms with Crippen LogP contribution in [0.25, 0.3) is 0 Å². The van der Waals surface area contributed by atoms with Gasteiger partial charge in [0, 0.05) is 17.4 Å². The van der Waals surface area contributed by atoms with Gasteiger partial charge < -0.3 is 15.4 Å². The Morgan fingerprint density at radius 2 is 1.87 bits per heavy atom. The summed E-state index contributed by atoms with van der Waals surface area (Å²) in [6, 6.07) is 13.5. The number of hydrogen-bond acceptors (Lipinski definition) is 3. The molecule has 0 fully saturated rings. The van der Waals surface area contributed by atoms with Crippen molar-refractivity contribution in [3.8, 4) is 5.75 Å². The van der Waals surface area contributed by atoms with Crippen molar-refractivity contribution in [1.29, 1.82) is 0 Å². The fourth-order valence-corrected chi connectivity index (χ4v) is 2.29. The van der Waals surface area contributed by atoms with Crippen molar-refractivity contribution in [1.82, 2.24) is 0 Å². The van der Waals surface area contributed by atoms with E-state index in [1.165, 1.54) is 0 Å². The lowest BCUT2D eigenvalue weighted by Gasteiger charge is -2.10. The highest BCUT2D eigenvalue weighted by Crippen LogP contribution is 2.17. The van der Waals surface area contributed by atoms with Crippen LogP contribution < -0.4 is 15.4 Å². The van der Waals surface area contributed by atoms with Gasteiger partial charge in [-0.25, -0.2) is 0 Å². The van der Waals surface area contributed by atoms with Gasteiger partial charge in [0.1, 0.15) is 12.4 Å². The molecule has 4 heteroatoms. The molecule has 0 atom stereocenters. The first-order valence-corrected chi connectivity index (χ1v) is 7.52. The van der Waals surface area contributed by atoms with E-state index in [4.69, 9.17) is 4.74 Å². The Labute approximate surface area is 137 Å². The summed E-state index contributed by atoms with van der Waals surface area (Å²) in [7, 11) is 0. The highest BCUT2D eigenvalue weighted by molar-refractivity contribution is 5.93. The average Bonchev–Trinajstić information content (AvgIpc) is 2.50. The van der Waals surface area contributed by atoms with Gasteiger partial charge in [0.05, 0.1) is 6.54 Å². The number of carbonyl (C=O) groups excluding carboxylic acids is 1. The van der Waals surface area contributed by atoms with Crippen LogP contribution >= 0.6 is 0 Å². The lowest BCUT2D eigenvalue weighted by Crippen LogP contribution is -2.21. The first-order chi connectivity index (χ1) is 11.1.